The van der Waals surface area contributed by atoms with E-state index in [9.17, 15) is 0 Å². The van der Waals surface area contributed by atoms with Gasteiger partial charge < -0.3 is 4.57 Å². The van der Waals surface area contributed by atoms with E-state index < -0.39 is 0 Å². The van der Waals surface area contributed by atoms with Crippen molar-refractivity contribution < 1.29 is 0 Å². The zero-order valence-corrected chi connectivity index (χ0v) is 13.0. The van der Waals surface area contributed by atoms with Gasteiger partial charge in [0.15, 0.2) is 0 Å². The molecule has 0 fully saturated rings. The van der Waals surface area contributed by atoms with E-state index in [4.69, 9.17) is 0 Å². The van der Waals surface area contributed by atoms with E-state index in [-0.39, 0.29) is 0 Å². The van der Waals surface area contributed by atoms with Gasteiger partial charge in [-0.1, -0.05) is 46.3 Å². The first kappa shape index (κ1) is 13.8. The fourth-order valence-corrected chi connectivity index (χ4v) is 2.42. The van der Waals surface area contributed by atoms with Crippen molar-refractivity contribution in [3.8, 4) is 0 Å². The summed E-state index contributed by atoms with van der Waals surface area (Å²) in [6.07, 6.45) is 3.68. The molecule has 104 valence electrons. The summed E-state index contributed by atoms with van der Waals surface area (Å²) in [5.41, 5.74) is 3.05. The SMILES string of the molecule is C=CCn1c(N=Cc2ccc(Br)cc2)nc2ccccc21. The fraction of sp³-hybridized carbons (Fsp3) is 0.0588. The quantitative estimate of drug-likeness (QED) is 0.499. The first-order chi connectivity index (χ1) is 10.3. The van der Waals surface area contributed by atoms with Gasteiger partial charge in [-0.3, -0.25) is 0 Å². The topological polar surface area (TPSA) is 30.2 Å². The molecule has 4 heteroatoms. The maximum absolute atomic E-state index is 4.57. The highest BCUT2D eigenvalue weighted by Gasteiger charge is 2.07. The van der Waals surface area contributed by atoms with E-state index in [1.165, 1.54) is 0 Å². The molecule has 21 heavy (non-hydrogen) atoms. The van der Waals surface area contributed by atoms with Gasteiger partial charge >= 0.3 is 0 Å². The predicted octanol–water partition coefficient (Wildman–Crippen LogP) is 4.74. The third-order valence-corrected chi connectivity index (χ3v) is 3.67. The number of imidazole rings is 1. The van der Waals surface area contributed by atoms with Crippen LogP contribution in [-0.2, 0) is 6.54 Å². The first-order valence-electron chi connectivity index (χ1n) is 6.64. The number of allylic oxidation sites excluding steroid dienone is 1. The number of aromatic nitrogens is 2. The Kier molecular flexibility index (Phi) is 3.97. The van der Waals surface area contributed by atoms with Crippen LogP contribution in [-0.4, -0.2) is 15.8 Å². The van der Waals surface area contributed by atoms with Gasteiger partial charge in [0.25, 0.3) is 0 Å². The second-order valence-corrected chi connectivity index (χ2v) is 5.53. The van der Waals surface area contributed by atoms with Crippen LogP contribution in [0.5, 0.6) is 0 Å². The summed E-state index contributed by atoms with van der Waals surface area (Å²) >= 11 is 3.42. The molecule has 0 atom stereocenters. The summed E-state index contributed by atoms with van der Waals surface area (Å²) in [6.45, 7) is 4.49. The molecule has 0 aliphatic rings. The molecule has 0 radical (unpaired) electrons. The van der Waals surface area contributed by atoms with Crippen LogP contribution in [0, 0.1) is 0 Å². The van der Waals surface area contributed by atoms with Crippen molar-refractivity contribution in [1.82, 2.24) is 9.55 Å². The molecule has 1 aromatic heterocycles. The van der Waals surface area contributed by atoms with Gasteiger partial charge in [0.05, 0.1) is 11.0 Å². The van der Waals surface area contributed by atoms with Crippen molar-refractivity contribution in [3.63, 3.8) is 0 Å². The van der Waals surface area contributed by atoms with Gasteiger partial charge in [0.2, 0.25) is 5.95 Å². The lowest BCUT2D eigenvalue weighted by Gasteiger charge is -2.01. The average Bonchev–Trinajstić information content (AvgIpc) is 2.85. The molecular weight excluding hydrogens is 326 g/mol. The van der Waals surface area contributed by atoms with Crippen molar-refractivity contribution in [2.24, 2.45) is 4.99 Å². The molecule has 0 bridgehead atoms. The molecule has 3 aromatic rings. The zero-order chi connectivity index (χ0) is 14.7. The highest BCUT2D eigenvalue weighted by atomic mass is 79.9. The Morgan fingerprint density at radius 2 is 1.90 bits per heavy atom. The van der Waals surface area contributed by atoms with Crippen LogP contribution in [0.25, 0.3) is 11.0 Å². The van der Waals surface area contributed by atoms with Crippen molar-refractivity contribution in [2.75, 3.05) is 0 Å². The third kappa shape index (κ3) is 2.95. The Morgan fingerprint density at radius 1 is 1.14 bits per heavy atom. The Morgan fingerprint density at radius 3 is 2.67 bits per heavy atom. The van der Waals surface area contributed by atoms with E-state index in [1.807, 2.05) is 60.8 Å². The number of rotatable bonds is 4. The number of fused-ring (bicyclic) bond motifs is 1. The number of halogens is 1. The summed E-state index contributed by atoms with van der Waals surface area (Å²) in [7, 11) is 0. The van der Waals surface area contributed by atoms with Crippen LogP contribution >= 0.6 is 15.9 Å². The minimum atomic E-state index is 0.688. The Bertz CT molecular complexity index is 801. The molecule has 0 aliphatic carbocycles. The van der Waals surface area contributed by atoms with E-state index in [0.29, 0.717) is 12.5 Å². The van der Waals surface area contributed by atoms with Gasteiger partial charge in [-0.05, 0) is 29.8 Å². The van der Waals surface area contributed by atoms with Crippen LogP contribution < -0.4 is 0 Å². The van der Waals surface area contributed by atoms with Gasteiger partial charge in [0, 0.05) is 17.2 Å². The van der Waals surface area contributed by atoms with Crippen LogP contribution in [0.4, 0.5) is 5.95 Å². The highest BCUT2D eigenvalue weighted by molar-refractivity contribution is 9.10. The summed E-state index contributed by atoms with van der Waals surface area (Å²) in [5, 5.41) is 0. The van der Waals surface area contributed by atoms with Gasteiger partial charge in [-0.2, -0.15) is 0 Å². The summed E-state index contributed by atoms with van der Waals surface area (Å²) in [4.78, 5) is 9.10. The molecule has 0 spiro atoms. The van der Waals surface area contributed by atoms with Crippen LogP contribution in [0.15, 0.2) is 70.7 Å². The molecule has 0 aliphatic heterocycles. The summed E-state index contributed by atoms with van der Waals surface area (Å²) < 4.78 is 3.11. The molecule has 0 saturated carbocycles. The molecule has 2 aromatic carbocycles. The van der Waals surface area contributed by atoms with Crippen molar-refractivity contribution in [2.45, 2.75) is 6.54 Å². The Labute approximate surface area is 131 Å². The first-order valence-corrected chi connectivity index (χ1v) is 7.43. The minimum Gasteiger partial charge on any atom is -0.305 e. The largest absolute Gasteiger partial charge is 0.305 e. The van der Waals surface area contributed by atoms with Gasteiger partial charge in [-0.15, -0.1) is 6.58 Å². The smallest absolute Gasteiger partial charge is 0.230 e. The highest BCUT2D eigenvalue weighted by Crippen LogP contribution is 2.21. The zero-order valence-electron chi connectivity index (χ0n) is 11.4. The predicted molar refractivity (Wildman–Crippen MR) is 91.3 cm³/mol. The van der Waals surface area contributed by atoms with E-state index >= 15 is 0 Å². The molecule has 3 nitrogen and oxygen atoms in total. The maximum Gasteiger partial charge on any atom is 0.230 e. The number of nitrogens with zero attached hydrogens (tertiary/aromatic N) is 3. The molecule has 0 amide bonds. The van der Waals surface area contributed by atoms with Crippen LogP contribution in [0.1, 0.15) is 5.56 Å². The lowest BCUT2D eigenvalue weighted by molar-refractivity contribution is 0.853. The number of hydrogen-bond acceptors (Lipinski definition) is 2. The second kappa shape index (κ2) is 6.06. The fourth-order valence-electron chi connectivity index (χ4n) is 2.15. The standard InChI is InChI=1S/C17H14BrN3/c1-2-11-21-16-6-4-3-5-15(16)20-17(21)19-12-13-7-9-14(18)10-8-13/h2-10,12H,1,11H2. The van der Waals surface area contributed by atoms with Crippen molar-refractivity contribution in [3.05, 3.63) is 71.2 Å². The number of benzene rings is 2. The van der Waals surface area contributed by atoms with E-state index in [2.05, 4.69) is 37.1 Å². The molecule has 0 saturated heterocycles. The lowest BCUT2D eigenvalue weighted by Crippen LogP contribution is -1.94. The molecular formula is C17H14BrN3. The minimum absolute atomic E-state index is 0.688. The van der Waals surface area contributed by atoms with Gasteiger partial charge in [-0.25, -0.2) is 9.98 Å². The van der Waals surface area contributed by atoms with E-state index in [1.54, 1.807) is 0 Å². The Balaban J connectivity index is 2.01. The average molecular weight is 340 g/mol. The second-order valence-electron chi connectivity index (χ2n) is 4.61. The van der Waals surface area contributed by atoms with E-state index in [0.717, 1.165) is 21.1 Å². The normalized spacial score (nSPS) is 11.3. The molecule has 1 heterocycles. The monoisotopic (exact) mass is 339 g/mol. The third-order valence-electron chi connectivity index (χ3n) is 3.15. The summed E-state index contributed by atoms with van der Waals surface area (Å²) in [6, 6.07) is 16.0. The molecule has 3 rings (SSSR count). The molecule has 0 unspecified atom stereocenters. The van der Waals surface area contributed by atoms with Crippen LogP contribution in [0.3, 0.4) is 0 Å². The van der Waals surface area contributed by atoms with Crippen molar-refractivity contribution >= 4 is 39.1 Å². The lowest BCUT2D eigenvalue weighted by atomic mass is 10.2. The maximum atomic E-state index is 4.57. The van der Waals surface area contributed by atoms with Crippen molar-refractivity contribution in [1.29, 1.82) is 0 Å². The Hall–Kier alpha value is -2.20. The number of hydrogen-bond donors (Lipinski definition) is 0. The summed E-state index contributed by atoms with van der Waals surface area (Å²) in [5.74, 6) is 0.694. The van der Waals surface area contributed by atoms with Crippen LogP contribution in [0.2, 0.25) is 0 Å². The number of para-hydroxylation sites is 2. The van der Waals surface area contributed by atoms with Gasteiger partial charge in [0.1, 0.15) is 0 Å². The molecule has 0 N–H and O–H groups in total. The number of aliphatic imine (C=N–C) groups is 1.